The third kappa shape index (κ3) is 2.51. The SMILES string of the molecule is Cc1cc(-c2cncc(CCl)c2)ccc1C(N)=O. The van der Waals surface area contributed by atoms with E-state index in [2.05, 4.69) is 4.98 Å². The Morgan fingerprint density at radius 1 is 1.28 bits per heavy atom. The van der Waals surface area contributed by atoms with Gasteiger partial charge < -0.3 is 5.73 Å². The Balaban J connectivity index is 2.45. The van der Waals surface area contributed by atoms with Crippen LogP contribution >= 0.6 is 11.6 Å². The fraction of sp³-hybridized carbons (Fsp3) is 0.143. The maximum atomic E-state index is 11.2. The number of aromatic nitrogens is 1. The van der Waals surface area contributed by atoms with Crippen molar-refractivity contribution < 1.29 is 4.79 Å². The molecule has 0 aliphatic carbocycles. The minimum atomic E-state index is -0.410. The van der Waals surface area contributed by atoms with Crippen molar-refractivity contribution in [3.8, 4) is 11.1 Å². The molecule has 0 aliphatic rings. The van der Waals surface area contributed by atoms with E-state index in [0.29, 0.717) is 11.4 Å². The highest BCUT2D eigenvalue weighted by Gasteiger charge is 2.07. The molecule has 0 aliphatic heterocycles. The standard InChI is InChI=1S/C14H13ClN2O/c1-9-4-11(2-3-13(9)14(16)18)12-5-10(6-15)7-17-8-12/h2-5,7-8H,6H2,1H3,(H2,16,18). The van der Waals surface area contributed by atoms with Crippen LogP contribution in [0.3, 0.4) is 0 Å². The molecule has 0 saturated heterocycles. The van der Waals surface area contributed by atoms with Gasteiger partial charge in [-0.1, -0.05) is 12.1 Å². The lowest BCUT2D eigenvalue weighted by Gasteiger charge is -2.07. The summed E-state index contributed by atoms with van der Waals surface area (Å²) in [6.45, 7) is 1.86. The Morgan fingerprint density at radius 3 is 2.67 bits per heavy atom. The van der Waals surface area contributed by atoms with Crippen LogP contribution in [0, 0.1) is 6.92 Å². The highest BCUT2D eigenvalue weighted by Crippen LogP contribution is 2.22. The minimum Gasteiger partial charge on any atom is -0.366 e. The number of alkyl halides is 1. The molecule has 2 N–H and O–H groups in total. The first-order chi connectivity index (χ1) is 8.61. The second-order valence-corrected chi connectivity index (χ2v) is 4.38. The third-order valence-electron chi connectivity index (χ3n) is 2.77. The quantitative estimate of drug-likeness (QED) is 0.863. The molecule has 18 heavy (non-hydrogen) atoms. The van der Waals surface area contributed by atoms with Crippen LogP contribution in [0.15, 0.2) is 36.7 Å². The highest BCUT2D eigenvalue weighted by atomic mass is 35.5. The van der Waals surface area contributed by atoms with Gasteiger partial charge in [0.25, 0.3) is 0 Å². The Bertz CT molecular complexity index is 596. The topological polar surface area (TPSA) is 56.0 Å². The predicted octanol–water partition coefficient (Wildman–Crippen LogP) is 2.89. The van der Waals surface area contributed by atoms with Gasteiger partial charge in [-0.3, -0.25) is 9.78 Å². The van der Waals surface area contributed by atoms with Crippen molar-refractivity contribution in [3.05, 3.63) is 53.3 Å². The van der Waals surface area contributed by atoms with Crippen LogP contribution in [0.1, 0.15) is 21.5 Å². The molecule has 0 bridgehead atoms. The number of carbonyl (C=O) groups excluding carboxylic acids is 1. The molecule has 2 aromatic rings. The first-order valence-corrected chi connectivity index (χ1v) is 6.06. The average molecular weight is 261 g/mol. The number of benzene rings is 1. The largest absolute Gasteiger partial charge is 0.366 e. The zero-order valence-electron chi connectivity index (χ0n) is 9.98. The van der Waals surface area contributed by atoms with Crippen LogP contribution in [0.5, 0.6) is 0 Å². The van der Waals surface area contributed by atoms with Gasteiger partial charge in [-0.05, 0) is 35.7 Å². The minimum absolute atomic E-state index is 0.410. The normalized spacial score (nSPS) is 10.3. The van der Waals surface area contributed by atoms with Gasteiger partial charge in [0.1, 0.15) is 0 Å². The molecule has 1 aromatic carbocycles. The smallest absolute Gasteiger partial charge is 0.248 e. The molecular weight excluding hydrogens is 248 g/mol. The first-order valence-electron chi connectivity index (χ1n) is 5.52. The van der Waals surface area contributed by atoms with Gasteiger partial charge in [-0.25, -0.2) is 0 Å². The Hall–Kier alpha value is -1.87. The number of halogens is 1. The molecule has 0 saturated carbocycles. The van der Waals surface area contributed by atoms with Crippen LogP contribution in [-0.4, -0.2) is 10.9 Å². The summed E-state index contributed by atoms with van der Waals surface area (Å²) in [5, 5.41) is 0. The van der Waals surface area contributed by atoms with E-state index < -0.39 is 5.91 Å². The molecular formula is C14H13ClN2O. The van der Waals surface area contributed by atoms with Crippen molar-refractivity contribution in [2.45, 2.75) is 12.8 Å². The highest BCUT2D eigenvalue weighted by molar-refractivity contribution is 6.17. The summed E-state index contributed by atoms with van der Waals surface area (Å²) in [7, 11) is 0. The lowest BCUT2D eigenvalue weighted by atomic mass is 10.00. The van der Waals surface area contributed by atoms with Gasteiger partial charge in [-0.15, -0.1) is 11.6 Å². The third-order valence-corrected chi connectivity index (χ3v) is 3.08. The van der Waals surface area contributed by atoms with E-state index in [0.717, 1.165) is 22.3 Å². The number of amides is 1. The molecule has 3 nitrogen and oxygen atoms in total. The Kier molecular flexibility index (Phi) is 3.63. The average Bonchev–Trinajstić information content (AvgIpc) is 2.38. The zero-order chi connectivity index (χ0) is 13.1. The van der Waals surface area contributed by atoms with Crippen molar-refractivity contribution >= 4 is 17.5 Å². The maximum Gasteiger partial charge on any atom is 0.248 e. The molecule has 2 rings (SSSR count). The van der Waals surface area contributed by atoms with Crippen LogP contribution in [0.2, 0.25) is 0 Å². The van der Waals surface area contributed by atoms with Gasteiger partial charge in [0.15, 0.2) is 0 Å². The number of hydrogen-bond acceptors (Lipinski definition) is 2. The molecule has 1 amide bonds. The van der Waals surface area contributed by atoms with E-state index >= 15 is 0 Å². The van der Waals surface area contributed by atoms with E-state index in [1.54, 1.807) is 18.5 Å². The summed E-state index contributed by atoms with van der Waals surface area (Å²) >= 11 is 5.78. The fourth-order valence-corrected chi connectivity index (χ4v) is 1.98. The summed E-state index contributed by atoms with van der Waals surface area (Å²) < 4.78 is 0. The second-order valence-electron chi connectivity index (χ2n) is 4.11. The van der Waals surface area contributed by atoms with Gasteiger partial charge in [0, 0.05) is 29.4 Å². The predicted molar refractivity (Wildman–Crippen MR) is 72.5 cm³/mol. The Labute approximate surface area is 111 Å². The van der Waals surface area contributed by atoms with Gasteiger partial charge in [0.2, 0.25) is 5.91 Å². The number of carbonyl (C=O) groups is 1. The van der Waals surface area contributed by atoms with E-state index in [4.69, 9.17) is 17.3 Å². The molecule has 92 valence electrons. The van der Waals surface area contributed by atoms with Crippen molar-refractivity contribution in [1.29, 1.82) is 0 Å². The number of rotatable bonds is 3. The van der Waals surface area contributed by atoms with Crippen LogP contribution < -0.4 is 5.73 Å². The summed E-state index contributed by atoms with van der Waals surface area (Å²) in [6, 6.07) is 7.51. The van der Waals surface area contributed by atoms with E-state index in [-0.39, 0.29) is 0 Å². The molecule has 0 unspecified atom stereocenters. The molecule has 0 fully saturated rings. The molecule has 1 aromatic heterocycles. The van der Waals surface area contributed by atoms with E-state index in [1.807, 2.05) is 25.1 Å². The number of pyridine rings is 1. The molecule has 4 heteroatoms. The maximum absolute atomic E-state index is 11.2. The summed E-state index contributed by atoms with van der Waals surface area (Å²) in [4.78, 5) is 15.3. The fourth-order valence-electron chi connectivity index (χ4n) is 1.84. The first kappa shape index (κ1) is 12.6. The summed E-state index contributed by atoms with van der Waals surface area (Å²) in [5.74, 6) is 0.0193. The molecule has 0 atom stereocenters. The number of hydrogen-bond donors (Lipinski definition) is 1. The summed E-state index contributed by atoms with van der Waals surface area (Å²) in [6.07, 6.45) is 3.51. The van der Waals surface area contributed by atoms with Crippen LogP contribution in [0.4, 0.5) is 0 Å². The number of aryl methyl sites for hydroxylation is 1. The van der Waals surface area contributed by atoms with E-state index in [1.165, 1.54) is 0 Å². The van der Waals surface area contributed by atoms with Crippen molar-refractivity contribution in [1.82, 2.24) is 4.98 Å². The van der Waals surface area contributed by atoms with Gasteiger partial charge >= 0.3 is 0 Å². The number of nitrogens with zero attached hydrogens (tertiary/aromatic N) is 1. The summed E-state index contributed by atoms with van der Waals surface area (Å²) in [5.41, 5.74) is 9.62. The van der Waals surface area contributed by atoms with E-state index in [9.17, 15) is 4.79 Å². The molecule has 0 radical (unpaired) electrons. The van der Waals surface area contributed by atoms with Gasteiger partial charge in [-0.2, -0.15) is 0 Å². The van der Waals surface area contributed by atoms with Gasteiger partial charge in [0.05, 0.1) is 0 Å². The van der Waals surface area contributed by atoms with Crippen molar-refractivity contribution in [2.75, 3.05) is 0 Å². The Morgan fingerprint density at radius 2 is 2.06 bits per heavy atom. The second kappa shape index (κ2) is 5.19. The van der Waals surface area contributed by atoms with Crippen LogP contribution in [0.25, 0.3) is 11.1 Å². The number of primary amides is 1. The van der Waals surface area contributed by atoms with Crippen molar-refractivity contribution in [2.24, 2.45) is 5.73 Å². The molecule has 0 spiro atoms. The lowest BCUT2D eigenvalue weighted by Crippen LogP contribution is -2.12. The van der Waals surface area contributed by atoms with Crippen LogP contribution in [-0.2, 0) is 5.88 Å². The monoisotopic (exact) mass is 260 g/mol. The lowest BCUT2D eigenvalue weighted by molar-refractivity contribution is 0.1000. The zero-order valence-corrected chi connectivity index (χ0v) is 10.7. The molecule has 1 heterocycles. The number of nitrogens with two attached hydrogens (primary N) is 1. The van der Waals surface area contributed by atoms with Crippen molar-refractivity contribution in [3.63, 3.8) is 0 Å².